The summed E-state index contributed by atoms with van der Waals surface area (Å²) in [6, 6.07) is 23.5. The van der Waals surface area contributed by atoms with Crippen LogP contribution >= 0.6 is 12.4 Å². The van der Waals surface area contributed by atoms with Crippen LogP contribution in [0.5, 0.6) is 0 Å². The Kier molecular flexibility index (Phi) is 6.73. The standard InChI is InChI=1S/C22H24N2O2S.ClH/c25-27(26,22-11-10-19-8-4-5-9-20(19)16-22)23-21-12-14-24(15-13-21)17-18-6-2-1-3-7-18;/h1-11,16,21,23H,12-15,17H2;1H. The van der Waals surface area contributed by atoms with Crippen molar-refractivity contribution in [2.24, 2.45) is 0 Å². The number of halogens is 1. The quantitative estimate of drug-likeness (QED) is 0.678. The van der Waals surface area contributed by atoms with Gasteiger partial charge < -0.3 is 0 Å². The van der Waals surface area contributed by atoms with E-state index in [0.29, 0.717) is 4.90 Å². The minimum atomic E-state index is -3.50. The topological polar surface area (TPSA) is 49.4 Å². The van der Waals surface area contributed by atoms with E-state index in [4.69, 9.17) is 0 Å². The number of likely N-dealkylation sites (tertiary alicyclic amines) is 1. The smallest absolute Gasteiger partial charge is 0.240 e. The van der Waals surface area contributed by atoms with Gasteiger partial charge in [-0.3, -0.25) is 4.90 Å². The van der Waals surface area contributed by atoms with Gasteiger partial charge in [-0.15, -0.1) is 12.4 Å². The molecule has 0 radical (unpaired) electrons. The fourth-order valence-electron chi connectivity index (χ4n) is 3.67. The summed E-state index contributed by atoms with van der Waals surface area (Å²) in [5.74, 6) is 0. The van der Waals surface area contributed by atoms with Gasteiger partial charge >= 0.3 is 0 Å². The van der Waals surface area contributed by atoms with E-state index in [0.717, 1.165) is 43.2 Å². The Morgan fingerprint density at radius 2 is 1.50 bits per heavy atom. The highest BCUT2D eigenvalue weighted by molar-refractivity contribution is 7.89. The molecule has 0 saturated carbocycles. The van der Waals surface area contributed by atoms with Crippen LogP contribution in [0.4, 0.5) is 0 Å². The number of benzene rings is 3. The minimum Gasteiger partial charge on any atom is -0.299 e. The molecular weight excluding hydrogens is 392 g/mol. The van der Waals surface area contributed by atoms with Gasteiger partial charge in [0.15, 0.2) is 0 Å². The first-order valence-corrected chi connectivity index (χ1v) is 10.9. The Labute approximate surface area is 173 Å². The maximum atomic E-state index is 12.8. The van der Waals surface area contributed by atoms with Crippen molar-refractivity contribution >= 4 is 33.2 Å². The lowest BCUT2D eigenvalue weighted by Crippen LogP contribution is -2.44. The summed E-state index contributed by atoms with van der Waals surface area (Å²) in [5, 5.41) is 1.99. The van der Waals surface area contributed by atoms with Crippen molar-refractivity contribution in [1.29, 1.82) is 0 Å². The monoisotopic (exact) mass is 416 g/mol. The zero-order valence-electron chi connectivity index (χ0n) is 15.6. The molecule has 0 aliphatic carbocycles. The summed E-state index contributed by atoms with van der Waals surface area (Å²) in [5.41, 5.74) is 1.30. The molecule has 4 nitrogen and oxygen atoms in total. The number of fused-ring (bicyclic) bond motifs is 1. The van der Waals surface area contributed by atoms with E-state index in [1.165, 1.54) is 5.56 Å². The molecule has 3 aromatic carbocycles. The van der Waals surface area contributed by atoms with Crippen LogP contribution in [0.3, 0.4) is 0 Å². The second kappa shape index (κ2) is 9.05. The number of rotatable bonds is 5. The zero-order chi connectivity index (χ0) is 18.7. The molecule has 148 valence electrons. The van der Waals surface area contributed by atoms with E-state index < -0.39 is 10.0 Å². The van der Waals surface area contributed by atoms with Crippen molar-refractivity contribution in [1.82, 2.24) is 9.62 Å². The van der Waals surface area contributed by atoms with E-state index in [1.54, 1.807) is 12.1 Å². The Morgan fingerprint density at radius 3 is 2.21 bits per heavy atom. The third-order valence-corrected chi connectivity index (χ3v) is 6.71. The fraction of sp³-hybridized carbons (Fsp3) is 0.273. The van der Waals surface area contributed by atoms with Gasteiger partial charge in [-0.05, 0) is 41.3 Å². The largest absolute Gasteiger partial charge is 0.299 e. The van der Waals surface area contributed by atoms with E-state index in [2.05, 4.69) is 33.9 Å². The molecule has 0 unspecified atom stereocenters. The highest BCUT2D eigenvalue weighted by Crippen LogP contribution is 2.21. The lowest BCUT2D eigenvalue weighted by molar-refractivity contribution is 0.200. The molecule has 28 heavy (non-hydrogen) atoms. The first-order chi connectivity index (χ1) is 13.1. The van der Waals surface area contributed by atoms with Crippen LogP contribution in [-0.4, -0.2) is 32.4 Å². The lowest BCUT2D eigenvalue weighted by atomic mass is 10.1. The summed E-state index contributed by atoms with van der Waals surface area (Å²) in [6.07, 6.45) is 1.67. The number of hydrogen-bond donors (Lipinski definition) is 1. The van der Waals surface area contributed by atoms with Crippen LogP contribution in [0.25, 0.3) is 10.8 Å². The van der Waals surface area contributed by atoms with Gasteiger partial charge in [0.05, 0.1) is 4.90 Å². The summed E-state index contributed by atoms with van der Waals surface area (Å²) < 4.78 is 28.5. The number of nitrogens with zero attached hydrogens (tertiary/aromatic N) is 1. The maximum Gasteiger partial charge on any atom is 0.240 e. The Balaban J connectivity index is 0.00000225. The Morgan fingerprint density at radius 1 is 0.857 bits per heavy atom. The number of hydrogen-bond acceptors (Lipinski definition) is 3. The van der Waals surface area contributed by atoms with E-state index in [9.17, 15) is 8.42 Å². The third-order valence-electron chi connectivity index (χ3n) is 5.19. The molecule has 1 heterocycles. The summed E-state index contributed by atoms with van der Waals surface area (Å²) >= 11 is 0. The Hall–Kier alpha value is -1.92. The molecular formula is C22H25ClN2O2S. The molecule has 1 saturated heterocycles. The van der Waals surface area contributed by atoms with Crippen molar-refractivity contribution in [3.63, 3.8) is 0 Å². The van der Waals surface area contributed by atoms with Crippen molar-refractivity contribution < 1.29 is 8.42 Å². The summed E-state index contributed by atoms with van der Waals surface area (Å²) in [4.78, 5) is 2.73. The van der Waals surface area contributed by atoms with Crippen LogP contribution in [0.2, 0.25) is 0 Å². The SMILES string of the molecule is Cl.O=S(=O)(NC1CCN(Cc2ccccc2)CC1)c1ccc2ccccc2c1. The van der Waals surface area contributed by atoms with Crippen LogP contribution < -0.4 is 4.72 Å². The van der Waals surface area contributed by atoms with Crippen molar-refractivity contribution in [3.8, 4) is 0 Å². The molecule has 1 aliphatic heterocycles. The zero-order valence-corrected chi connectivity index (χ0v) is 17.3. The van der Waals surface area contributed by atoms with Gasteiger partial charge in [-0.2, -0.15) is 0 Å². The fourth-order valence-corrected chi connectivity index (χ4v) is 5.01. The molecule has 0 atom stereocenters. The van der Waals surface area contributed by atoms with Gasteiger partial charge in [-0.1, -0.05) is 60.7 Å². The number of sulfonamides is 1. The molecule has 1 aliphatic rings. The minimum absolute atomic E-state index is 0. The highest BCUT2D eigenvalue weighted by Gasteiger charge is 2.24. The number of piperidine rings is 1. The molecule has 0 aromatic heterocycles. The van der Waals surface area contributed by atoms with E-state index in [-0.39, 0.29) is 18.4 Å². The third kappa shape index (κ3) is 4.92. The summed E-state index contributed by atoms with van der Waals surface area (Å²) in [6.45, 7) is 2.73. The molecule has 3 aromatic rings. The normalized spacial score (nSPS) is 16.0. The predicted octanol–water partition coefficient (Wildman–Crippen LogP) is 4.20. The molecule has 1 fully saturated rings. The first-order valence-electron chi connectivity index (χ1n) is 9.38. The Bertz CT molecular complexity index is 1020. The van der Waals surface area contributed by atoms with Crippen molar-refractivity contribution in [2.75, 3.05) is 13.1 Å². The highest BCUT2D eigenvalue weighted by atomic mass is 35.5. The second-order valence-electron chi connectivity index (χ2n) is 7.17. The molecule has 0 spiro atoms. The molecule has 4 rings (SSSR count). The van der Waals surface area contributed by atoms with Gasteiger partial charge in [0.25, 0.3) is 0 Å². The van der Waals surface area contributed by atoms with Crippen LogP contribution in [-0.2, 0) is 16.6 Å². The van der Waals surface area contributed by atoms with Gasteiger partial charge in [-0.25, -0.2) is 13.1 Å². The lowest BCUT2D eigenvalue weighted by Gasteiger charge is -2.32. The van der Waals surface area contributed by atoms with Crippen molar-refractivity contribution in [3.05, 3.63) is 78.4 Å². The van der Waals surface area contributed by atoms with Crippen LogP contribution in [0.1, 0.15) is 18.4 Å². The average molecular weight is 417 g/mol. The predicted molar refractivity (Wildman–Crippen MR) is 116 cm³/mol. The van der Waals surface area contributed by atoms with Crippen LogP contribution in [0, 0.1) is 0 Å². The van der Waals surface area contributed by atoms with Gasteiger partial charge in [0.2, 0.25) is 10.0 Å². The molecule has 6 heteroatoms. The van der Waals surface area contributed by atoms with Gasteiger partial charge in [0, 0.05) is 25.7 Å². The van der Waals surface area contributed by atoms with E-state index >= 15 is 0 Å². The molecule has 0 bridgehead atoms. The molecule has 0 amide bonds. The second-order valence-corrected chi connectivity index (χ2v) is 8.88. The van der Waals surface area contributed by atoms with E-state index in [1.807, 2.05) is 36.4 Å². The first kappa shape index (κ1) is 20.8. The van der Waals surface area contributed by atoms with Gasteiger partial charge in [0.1, 0.15) is 0 Å². The average Bonchev–Trinajstić information content (AvgIpc) is 2.70. The molecule has 1 N–H and O–H groups in total. The number of nitrogens with one attached hydrogen (secondary N) is 1. The maximum absolute atomic E-state index is 12.8. The van der Waals surface area contributed by atoms with Crippen molar-refractivity contribution in [2.45, 2.75) is 30.3 Å². The van der Waals surface area contributed by atoms with Crippen LogP contribution in [0.15, 0.2) is 77.7 Å². The summed E-state index contributed by atoms with van der Waals surface area (Å²) in [7, 11) is -3.50.